The lowest BCUT2D eigenvalue weighted by molar-refractivity contribution is 0.198. The topological polar surface area (TPSA) is 53.1 Å². The number of benzene rings is 1. The fourth-order valence-corrected chi connectivity index (χ4v) is 3.07. The van der Waals surface area contributed by atoms with Gasteiger partial charge in [-0.05, 0) is 38.0 Å². The molecule has 0 spiro atoms. The van der Waals surface area contributed by atoms with E-state index in [9.17, 15) is 0 Å². The fourth-order valence-electron chi connectivity index (χ4n) is 3.07. The molecule has 0 bridgehead atoms. The Morgan fingerprint density at radius 3 is 3.05 bits per heavy atom. The molecule has 2 N–H and O–H groups in total. The number of rotatable bonds is 4. The smallest absolute Gasteiger partial charge is 0.122 e. The van der Waals surface area contributed by atoms with Gasteiger partial charge in [0.25, 0.3) is 0 Å². The van der Waals surface area contributed by atoms with Crippen LogP contribution in [0.4, 0.5) is 0 Å². The molecule has 0 saturated heterocycles. The number of fused-ring (bicyclic) bond motifs is 1. The van der Waals surface area contributed by atoms with Crippen molar-refractivity contribution in [2.75, 3.05) is 6.61 Å². The van der Waals surface area contributed by atoms with Gasteiger partial charge in [0.05, 0.1) is 12.3 Å². The number of nitrogens with two attached hydrogens (primary N) is 1. The third-order valence-electron chi connectivity index (χ3n) is 4.24. The molecule has 1 aromatic heterocycles. The zero-order chi connectivity index (χ0) is 14.8. The Morgan fingerprint density at radius 1 is 1.43 bits per heavy atom. The number of ether oxygens (including phenoxy) is 1. The van der Waals surface area contributed by atoms with E-state index in [0.29, 0.717) is 12.5 Å². The number of nitrogens with zero attached hydrogens (tertiary/aromatic N) is 2. The van der Waals surface area contributed by atoms with E-state index in [2.05, 4.69) is 30.2 Å². The molecule has 0 fully saturated rings. The summed E-state index contributed by atoms with van der Waals surface area (Å²) in [5.41, 5.74) is 10.0. The summed E-state index contributed by atoms with van der Waals surface area (Å²) in [4.78, 5) is 0. The summed E-state index contributed by atoms with van der Waals surface area (Å²) in [6.45, 7) is 5.74. The van der Waals surface area contributed by atoms with Crippen LogP contribution in [0.15, 0.2) is 30.3 Å². The Balaban J connectivity index is 1.70. The van der Waals surface area contributed by atoms with Crippen molar-refractivity contribution in [3.8, 4) is 5.75 Å². The highest BCUT2D eigenvalue weighted by atomic mass is 16.5. The van der Waals surface area contributed by atoms with Gasteiger partial charge < -0.3 is 10.5 Å². The van der Waals surface area contributed by atoms with E-state index in [1.54, 1.807) is 0 Å². The standard InChI is InChI=1S/C17H23N3O/c1-3-20-15(8-12(2)19-20)10-16(18)14-9-13-6-4-5-7-17(13)21-11-14/h4-8,14,16H,3,9-11,18H2,1-2H3. The summed E-state index contributed by atoms with van der Waals surface area (Å²) in [6.07, 6.45) is 1.85. The summed E-state index contributed by atoms with van der Waals surface area (Å²) in [6, 6.07) is 10.5. The third kappa shape index (κ3) is 2.95. The first kappa shape index (κ1) is 14.1. The minimum absolute atomic E-state index is 0.0970. The first-order chi connectivity index (χ1) is 10.2. The minimum Gasteiger partial charge on any atom is -0.493 e. The summed E-state index contributed by atoms with van der Waals surface area (Å²) >= 11 is 0. The molecule has 0 radical (unpaired) electrons. The van der Waals surface area contributed by atoms with Gasteiger partial charge in [-0.1, -0.05) is 18.2 Å². The summed E-state index contributed by atoms with van der Waals surface area (Å²) in [5, 5.41) is 4.49. The molecule has 0 saturated carbocycles. The first-order valence-corrected chi connectivity index (χ1v) is 7.67. The maximum absolute atomic E-state index is 6.45. The molecule has 2 atom stereocenters. The van der Waals surface area contributed by atoms with E-state index >= 15 is 0 Å². The highest BCUT2D eigenvalue weighted by Crippen LogP contribution is 2.28. The summed E-state index contributed by atoms with van der Waals surface area (Å²) in [5.74, 6) is 1.37. The molecule has 1 aromatic carbocycles. The molecule has 112 valence electrons. The predicted octanol–water partition coefficient (Wildman–Crippen LogP) is 2.33. The average molecular weight is 285 g/mol. The lowest BCUT2D eigenvalue weighted by Crippen LogP contribution is -2.39. The first-order valence-electron chi connectivity index (χ1n) is 7.67. The Bertz CT molecular complexity index is 620. The van der Waals surface area contributed by atoms with Gasteiger partial charge in [-0.25, -0.2) is 0 Å². The van der Waals surface area contributed by atoms with E-state index in [1.807, 2.05) is 23.7 Å². The van der Waals surface area contributed by atoms with Crippen molar-refractivity contribution in [3.05, 3.63) is 47.3 Å². The van der Waals surface area contributed by atoms with Crippen molar-refractivity contribution in [3.63, 3.8) is 0 Å². The molecule has 3 rings (SSSR count). The monoisotopic (exact) mass is 285 g/mol. The van der Waals surface area contributed by atoms with Crippen molar-refractivity contribution in [2.45, 2.75) is 39.3 Å². The maximum atomic E-state index is 6.45. The van der Waals surface area contributed by atoms with Crippen LogP contribution in [0.1, 0.15) is 23.9 Å². The van der Waals surface area contributed by atoms with Crippen LogP contribution in [-0.4, -0.2) is 22.4 Å². The molecule has 0 aliphatic carbocycles. The van der Waals surface area contributed by atoms with Crippen molar-refractivity contribution in [2.24, 2.45) is 11.7 Å². The van der Waals surface area contributed by atoms with Gasteiger partial charge in [-0.15, -0.1) is 0 Å². The van der Waals surface area contributed by atoms with Gasteiger partial charge in [-0.3, -0.25) is 4.68 Å². The molecule has 2 unspecified atom stereocenters. The quantitative estimate of drug-likeness (QED) is 0.938. The SMILES string of the molecule is CCn1nc(C)cc1CC(N)C1COc2ccccc2C1. The molecular formula is C17H23N3O. The predicted molar refractivity (Wildman–Crippen MR) is 83.4 cm³/mol. The lowest BCUT2D eigenvalue weighted by Gasteiger charge is -2.29. The van der Waals surface area contributed by atoms with Crippen LogP contribution in [0.2, 0.25) is 0 Å². The van der Waals surface area contributed by atoms with E-state index in [4.69, 9.17) is 10.5 Å². The van der Waals surface area contributed by atoms with Crippen LogP contribution in [0, 0.1) is 12.8 Å². The minimum atomic E-state index is 0.0970. The van der Waals surface area contributed by atoms with Crippen LogP contribution in [0.3, 0.4) is 0 Å². The van der Waals surface area contributed by atoms with E-state index in [0.717, 1.165) is 30.8 Å². The molecule has 2 aromatic rings. The summed E-state index contributed by atoms with van der Waals surface area (Å²) in [7, 11) is 0. The van der Waals surface area contributed by atoms with Crippen LogP contribution < -0.4 is 10.5 Å². The van der Waals surface area contributed by atoms with E-state index in [1.165, 1.54) is 11.3 Å². The molecule has 0 amide bonds. The number of aryl methyl sites for hydroxylation is 2. The Kier molecular flexibility index (Phi) is 3.97. The second-order valence-corrected chi connectivity index (χ2v) is 5.84. The van der Waals surface area contributed by atoms with Gasteiger partial charge in [0, 0.05) is 30.6 Å². The molecule has 1 aliphatic heterocycles. The Labute approximate surface area is 125 Å². The highest BCUT2D eigenvalue weighted by molar-refractivity contribution is 5.35. The van der Waals surface area contributed by atoms with Crippen LogP contribution in [0.5, 0.6) is 5.75 Å². The second kappa shape index (κ2) is 5.90. The maximum Gasteiger partial charge on any atom is 0.122 e. The van der Waals surface area contributed by atoms with Gasteiger partial charge in [-0.2, -0.15) is 5.10 Å². The lowest BCUT2D eigenvalue weighted by atomic mass is 9.88. The molecule has 1 aliphatic rings. The van der Waals surface area contributed by atoms with E-state index < -0.39 is 0 Å². The Morgan fingerprint density at radius 2 is 2.24 bits per heavy atom. The number of para-hydroxylation sites is 1. The van der Waals surface area contributed by atoms with Crippen molar-refractivity contribution >= 4 is 0 Å². The van der Waals surface area contributed by atoms with E-state index in [-0.39, 0.29) is 6.04 Å². The molecular weight excluding hydrogens is 262 g/mol. The average Bonchev–Trinajstić information content (AvgIpc) is 2.86. The molecule has 21 heavy (non-hydrogen) atoms. The fraction of sp³-hybridized carbons (Fsp3) is 0.471. The highest BCUT2D eigenvalue weighted by Gasteiger charge is 2.26. The largest absolute Gasteiger partial charge is 0.493 e. The molecule has 2 heterocycles. The summed E-state index contributed by atoms with van der Waals surface area (Å²) < 4.78 is 7.90. The van der Waals surface area contributed by atoms with Gasteiger partial charge in [0.1, 0.15) is 5.75 Å². The second-order valence-electron chi connectivity index (χ2n) is 5.84. The molecule has 4 nitrogen and oxygen atoms in total. The number of hydrogen-bond acceptors (Lipinski definition) is 3. The van der Waals surface area contributed by atoms with Crippen LogP contribution >= 0.6 is 0 Å². The Hall–Kier alpha value is -1.81. The zero-order valence-corrected chi connectivity index (χ0v) is 12.7. The van der Waals surface area contributed by atoms with Gasteiger partial charge >= 0.3 is 0 Å². The van der Waals surface area contributed by atoms with Crippen molar-refractivity contribution in [1.29, 1.82) is 0 Å². The van der Waals surface area contributed by atoms with Crippen LogP contribution in [-0.2, 0) is 19.4 Å². The number of hydrogen-bond donors (Lipinski definition) is 1. The van der Waals surface area contributed by atoms with Gasteiger partial charge in [0.15, 0.2) is 0 Å². The van der Waals surface area contributed by atoms with Crippen LogP contribution in [0.25, 0.3) is 0 Å². The zero-order valence-electron chi connectivity index (χ0n) is 12.7. The van der Waals surface area contributed by atoms with Crippen molar-refractivity contribution in [1.82, 2.24) is 9.78 Å². The normalized spacial score (nSPS) is 18.9. The van der Waals surface area contributed by atoms with Crippen molar-refractivity contribution < 1.29 is 4.74 Å². The third-order valence-corrected chi connectivity index (χ3v) is 4.24. The number of aromatic nitrogens is 2. The van der Waals surface area contributed by atoms with Gasteiger partial charge in [0.2, 0.25) is 0 Å². The molecule has 4 heteroatoms.